The summed E-state index contributed by atoms with van der Waals surface area (Å²) < 4.78 is 0. The highest BCUT2D eigenvalue weighted by Gasteiger charge is 2.45. The van der Waals surface area contributed by atoms with E-state index in [0.29, 0.717) is 13.0 Å². The van der Waals surface area contributed by atoms with Crippen LogP contribution in [0.3, 0.4) is 0 Å². The Kier molecular flexibility index (Phi) is 5.02. The van der Waals surface area contributed by atoms with Gasteiger partial charge < -0.3 is 10.2 Å². The fourth-order valence-corrected chi connectivity index (χ4v) is 2.46. The molecule has 5 heteroatoms. The summed E-state index contributed by atoms with van der Waals surface area (Å²) in [5.74, 6) is -0.110. The molecule has 1 heterocycles. The first-order valence-electron chi connectivity index (χ1n) is 6.59. The minimum atomic E-state index is -0.464. The molecule has 0 aliphatic carbocycles. The topological polar surface area (TPSA) is 49.4 Å². The molecule has 0 spiro atoms. The highest BCUT2D eigenvalue weighted by molar-refractivity contribution is 6.25. The van der Waals surface area contributed by atoms with Crippen molar-refractivity contribution in [3.63, 3.8) is 0 Å². The SMILES string of the molecule is CCC1NC(=O)C(C(C)(C)C)N(CC(C)=CCl)C1=O. The van der Waals surface area contributed by atoms with E-state index in [9.17, 15) is 9.59 Å². The fraction of sp³-hybridized carbons (Fsp3) is 0.714. The van der Waals surface area contributed by atoms with E-state index in [1.165, 1.54) is 5.54 Å². The molecule has 1 fully saturated rings. The normalized spacial score (nSPS) is 25.6. The van der Waals surface area contributed by atoms with Crippen LogP contribution in [0.5, 0.6) is 0 Å². The van der Waals surface area contributed by atoms with Gasteiger partial charge in [-0.05, 0) is 24.3 Å². The Labute approximate surface area is 120 Å². The predicted octanol–water partition coefficient (Wildman–Crippen LogP) is 2.28. The molecule has 0 aromatic carbocycles. The number of nitrogens with zero attached hydrogens (tertiary/aromatic N) is 1. The third kappa shape index (κ3) is 3.50. The first kappa shape index (κ1) is 16.0. The molecule has 1 saturated heterocycles. The van der Waals surface area contributed by atoms with Gasteiger partial charge in [0.05, 0.1) is 0 Å². The zero-order valence-electron chi connectivity index (χ0n) is 12.3. The molecule has 19 heavy (non-hydrogen) atoms. The maximum Gasteiger partial charge on any atom is 0.246 e. The Hall–Kier alpha value is -1.03. The molecule has 1 rings (SSSR count). The van der Waals surface area contributed by atoms with E-state index in [-0.39, 0.29) is 17.2 Å². The van der Waals surface area contributed by atoms with Crippen LogP contribution in [0.4, 0.5) is 0 Å². The van der Waals surface area contributed by atoms with Gasteiger partial charge in [-0.15, -0.1) is 0 Å². The lowest BCUT2D eigenvalue weighted by Gasteiger charge is -2.44. The van der Waals surface area contributed by atoms with Crippen LogP contribution in [0, 0.1) is 5.41 Å². The van der Waals surface area contributed by atoms with Crippen LogP contribution in [0.1, 0.15) is 41.0 Å². The van der Waals surface area contributed by atoms with E-state index in [1.54, 1.807) is 4.90 Å². The molecule has 108 valence electrons. The summed E-state index contributed by atoms with van der Waals surface area (Å²) in [6.45, 7) is 10.0. The van der Waals surface area contributed by atoms with Gasteiger partial charge >= 0.3 is 0 Å². The lowest BCUT2D eigenvalue weighted by Crippen LogP contribution is -2.66. The standard InChI is InChI=1S/C14H23ClN2O2/c1-6-10-13(19)17(8-9(2)7-15)11(12(18)16-10)14(3,4)5/h7,10-11H,6,8H2,1-5H3,(H,16,18). The van der Waals surface area contributed by atoms with Crippen molar-refractivity contribution in [1.82, 2.24) is 10.2 Å². The number of halogens is 1. The highest BCUT2D eigenvalue weighted by atomic mass is 35.5. The number of hydrogen-bond acceptors (Lipinski definition) is 2. The van der Waals surface area contributed by atoms with Crippen molar-refractivity contribution in [2.45, 2.75) is 53.1 Å². The molecule has 0 aromatic rings. The number of rotatable bonds is 3. The molecule has 4 nitrogen and oxygen atoms in total. The predicted molar refractivity (Wildman–Crippen MR) is 76.8 cm³/mol. The second kappa shape index (κ2) is 5.95. The molecule has 2 unspecified atom stereocenters. The Bertz CT molecular complexity index is 399. The monoisotopic (exact) mass is 286 g/mol. The first-order chi connectivity index (χ1) is 8.72. The van der Waals surface area contributed by atoms with Gasteiger partial charge in [0.15, 0.2) is 0 Å². The van der Waals surface area contributed by atoms with Gasteiger partial charge in [-0.25, -0.2) is 0 Å². The third-order valence-electron chi connectivity index (χ3n) is 3.29. The Morgan fingerprint density at radius 2 is 2.00 bits per heavy atom. The van der Waals surface area contributed by atoms with E-state index >= 15 is 0 Å². The van der Waals surface area contributed by atoms with Crippen molar-refractivity contribution < 1.29 is 9.59 Å². The highest BCUT2D eigenvalue weighted by Crippen LogP contribution is 2.29. The van der Waals surface area contributed by atoms with Crippen LogP contribution >= 0.6 is 11.6 Å². The van der Waals surface area contributed by atoms with Gasteiger partial charge in [0.1, 0.15) is 12.1 Å². The second-order valence-corrected chi connectivity index (χ2v) is 6.38. The summed E-state index contributed by atoms with van der Waals surface area (Å²) in [5.41, 5.74) is 2.01. The Balaban J connectivity index is 3.12. The summed E-state index contributed by atoms with van der Waals surface area (Å²) in [5, 5.41) is 2.81. The largest absolute Gasteiger partial charge is 0.342 e. The van der Waals surface area contributed by atoms with Crippen LogP contribution < -0.4 is 5.32 Å². The molecule has 0 aromatic heterocycles. The minimum Gasteiger partial charge on any atom is -0.342 e. The summed E-state index contributed by atoms with van der Waals surface area (Å²) in [6, 6.07) is -0.886. The van der Waals surface area contributed by atoms with Crippen LogP contribution in [-0.4, -0.2) is 35.3 Å². The second-order valence-electron chi connectivity index (χ2n) is 6.16. The molecule has 0 radical (unpaired) electrons. The van der Waals surface area contributed by atoms with Crippen LogP contribution in [0.2, 0.25) is 0 Å². The summed E-state index contributed by atoms with van der Waals surface area (Å²) in [7, 11) is 0. The van der Waals surface area contributed by atoms with Gasteiger partial charge in [-0.2, -0.15) is 0 Å². The Morgan fingerprint density at radius 3 is 2.42 bits per heavy atom. The summed E-state index contributed by atoms with van der Waals surface area (Å²) in [6.07, 6.45) is 0.599. The van der Waals surface area contributed by atoms with Crippen LogP contribution in [-0.2, 0) is 9.59 Å². The maximum absolute atomic E-state index is 12.5. The lowest BCUT2D eigenvalue weighted by atomic mass is 9.82. The number of nitrogens with one attached hydrogen (secondary N) is 1. The third-order valence-corrected chi connectivity index (χ3v) is 3.66. The van der Waals surface area contributed by atoms with E-state index in [4.69, 9.17) is 11.6 Å². The zero-order chi connectivity index (χ0) is 14.8. The summed E-state index contributed by atoms with van der Waals surface area (Å²) >= 11 is 5.69. The molecule has 1 N–H and O–H groups in total. The quantitative estimate of drug-likeness (QED) is 0.865. The zero-order valence-corrected chi connectivity index (χ0v) is 13.0. The fourth-order valence-electron chi connectivity index (χ4n) is 2.39. The van der Waals surface area contributed by atoms with E-state index < -0.39 is 12.1 Å². The van der Waals surface area contributed by atoms with Gasteiger partial charge in [-0.1, -0.05) is 39.3 Å². The number of piperazine rings is 1. The molecule has 2 atom stereocenters. The number of amides is 2. The lowest BCUT2D eigenvalue weighted by molar-refractivity contribution is -0.153. The van der Waals surface area contributed by atoms with Gasteiger partial charge in [0, 0.05) is 12.1 Å². The van der Waals surface area contributed by atoms with Crippen molar-refractivity contribution in [3.05, 3.63) is 11.1 Å². The summed E-state index contributed by atoms with van der Waals surface area (Å²) in [4.78, 5) is 26.4. The number of carbonyl (C=O) groups is 2. The average Bonchev–Trinajstić information content (AvgIpc) is 2.31. The molecule has 0 saturated carbocycles. The first-order valence-corrected chi connectivity index (χ1v) is 7.02. The Morgan fingerprint density at radius 1 is 1.42 bits per heavy atom. The van der Waals surface area contributed by atoms with Crippen molar-refractivity contribution in [2.75, 3.05) is 6.54 Å². The van der Waals surface area contributed by atoms with Crippen molar-refractivity contribution >= 4 is 23.4 Å². The van der Waals surface area contributed by atoms with E-state index in [2.05, 4.69) is 5.32 Å². The molecular formula is C14H23ClN2O2. The van der Waals surface area contributed by atoms with E-state index in [0.717, 1.165) is 5.57 Å². The molecule has 1 aliphatic heterocycles. The van der Waals surface area contributed by atoms with Crippen molar-refractivity contribution in [2.24, 2.45) is 5.41 Å². The van der Waals surface area contributed by atoms with Gasteiger partial charge in [-0.3, -0.25) is 9.59 Å². The number of carbonyl (C=O) groups excluding carboxylic acids is 2. The smallest absolute Gasteiger partial charge is 0.246 e. The van der Waals surface area contributed by atoms with Crippen LogP contribution in [0.15, 0.2) is 11.1 Å². The molecule has 1 aliphatic rings. The van der Waals surface area contributed by atoms with Crippen molar-refractivity contribution in [1.29, 1.82) is 0 Å². The molecule has 2 amide bonds. The van der Waals surface area contributed by atoms with Crippen molar-refractivity contribution in [3.8, 4) is 0 Å². The van der Waals surface area contributed by atoms with Gasteiger partial charge in [0.2, 0.25) is 11.8 Å². The average molecular weight is 287 g/mol. The molecule has 0 bridgehead atoms. The van der Waals surface area contributed by atoms with Gasteiger partial charge in [0.25, 0.3) is 0 Å². The van der Waals surface area contributed by atoms with E-state index in [1.807, 2.05) is 34.6 Å². The van der Waals surface area contributed by atoms with Crippen LogP contribution in [0.25, 0.3) is 0 Å². The minimum absolute atomic E-state index is 0.0279. The maximum atomic E-state index is 12.5. The molecular weight excluding hydrogens is 264 g/mol. The number of hydrogen-bond donors (Lipinski definition) is 1.